The summed E-state index contributed by atoms with van der Waals surface area (Å²) in [5, 5.41) is 0. The predicted octanol–water partition coefficient (Wildman–Crippen LogP) is 0.960. The zero-order valence-electron chi connectivity index (χ0n) is 11.2. The van der Waals surface area contributed by atoms with E-state index in [0.717, 1.165) is 49.4 Å². The Kier molecular flexibility index (Phi) is 2.86. The van der Waals surface area contributed by atoms with E-state index < -0.39 is 0 Å². The summed E-state index contributed by atoms with van der Waals surface area (Å²) in [6.45, 7) is 8.30. The number of aromatic nitrogens is 2. The number of aryl methyl sites for hydroxylation is 1. The van der Waals surface area contributed by atoms with Gasteiger partial charge < -0.3 is 10.6 Å². The number of piperazine rings is 1. The minimum absolute atomic E-state index is 0.613. The number of anilines is 2. The van der Waals surface area contributed by atoms with Crippen molar-refractivity contribution in [2.24, 2.45) is 0 Å². The normalized spacial score (nSPS) is 21.3. The standard InChI is InChI=1S/C13H21N5/c1-9-12(14)15-10(2)16-13(9)18-7-5-17(6-8-18)11-3-4-11/h11H,3-8H2,1-2H3,(H2,14,15,16). The maximum Gasteiger partial charge on any atom is 0.137 e. The highest BCUT2D eigenvalue weighted by Gasteiger charge is 2.31. The molecule has 1 saturated heterocycles. The lowest BCUT2D eigenvalue weighted by Crippen LogP contribution is -2.47. The Labute approximate surface area is 108 Å². The number of nitrogens with two attached hydrogens (primary N) is 1. The highest BCUT2D eigenvalue weighted by Crippen LogP contribution is 2.29. The molecule has 98 valence electrons. The van der Waals surface area contributed by atoms with E-state index in [1.165, 1.54) is 12.8 Å². The minimum atomic E-state index is 0.613. The number of nitrogen functional groups attached to an aromatic ring is 1. The summed E-state index contributed by atoms with van der Waals surface area (Å²) < 4.78 is 0. The molecule has 2 heterocycles. The van der Waals surface area contributed by atoms with Crippen molar-refractivity contribution in [1.82, 2.24) is 14.9 Å². The molecule has 2 aliphatic rings. The zero-order valence-corrected chi connectivity index (χ0v) is 11.2. The lowest BCUT2D eigenvalue weighted by atomic mass is 10.2. The van der Waals surface area contributed by atoms with E-state index in [2.05, 4.69) is 19.8 Å². The fourth-order valence-corrected chi connectivity index (χ4v) is 2.68. The zero-order chi connectivity index (χ0) is 12.7. The number of nitrogens with zero attached hydrogens (tertiary/aromatic N) is 4. The van der Waals surface area contributed by atoms with Crippen LogP contribution in [0.5, 0.6) is 0 Å². The third-order valence-electron chi connectivity index (χ3n) is 3.95. The molecular formula is C13H21N5. The number of hydrogen-bond acceptors (Lipinski definition) is 5. The van der Waals surface area contributed by atoms with Gasteiger partial charge in [-0.1, -0.05) is 0 Å². The SMILES string of the molecule is Cc1nc(N)c(C)c(N2CCN(C3CC3)CC2)n1. The van der Waals surface area contributed by atoms with Gasteiger partial charge in [-0.15, -0.1) is 0 Å². The van der Waals surface area contributed by atoms with Gasteiger partial charge in [0, 0.05) is 37.8 Å². The van der Waals surface area contributed by atoms with Crippen molar-refractivity contribution in [3.05, 3.63) is 11.4 Å². The third-order valence-corrected chi connectivity index (χ3v) is 3.95. The van der Waals surface area contributed by atoms with Crippen LogP contribution in [0.15, 0.2) is 0 Å². The summed E-state index contributed by atoms with van der Waals surface area (Å²) in [6, 6.07) is 0.866. The smallest absolute Gasteiger partial charge is 0.137 e. The van der Waals surface area contributed by atoms with Crippen LogP contribution in [-0.4, -0.2) is 47.1 Å². The highest BCUT2D eigenvalue weighted by molar-refractivity contribution is 5.56. The number of rotatable bonds is 2. The van der Waals surface area contributed by atoms with Crippen molar-refractivity contribution >= 4 is 11.6 Å². The van der Waals surface area contributed by atoms with E-state index in [1.54, 1.807) is 0 Å². The molecule has 0 radical (unpaired) electrons. The summed E-state index contributed by atoms with van der Waals surface area (Å²) in [6.07, 6.45) is 2.77. The second-order valence-corrected chi connectivity index (χ2v) is 5.36. The fraction of sp³-hybridized carbons (Fsp3) is 0.692. The average Bonchev–Trinajstić information content (AvgIpc) is 3.18. The molecule has 1 aromatic heterocycles. The molecule has 0 aromatic carbocycles. The second-order valence-electron chi connectivity index (χ2n) is 5.36. The molecule has 2 fully saturated rings. The van der Waals surface area contributed by atoms with Crippen LogP contribution < -0.4 is 10.6 Å². The lowest BCUT2D eigenvalue weighted by molar-refractivity contribution is 0.247. The van der Waals surface area contributed by atoms with E-state index in [1.807, 2.05) is 13.8 Å². The van der Waals surface area contributed by atoms with Crippen molar-refractivity contribution in [1.29, 1.82) is 0 Å². The van der Waals surface area contributed by atoms with Gasteiger partial charge in [0.05, 0.1) is 0 Å². The molecule has 1 aliphatic carbocycles. The third kappa shape index (κ3) is 2.14. The van der Waals surface area contributed by atoms with E-state index in [4.69, 9.17) is 5.73 Å². The lowest BCUT2D eigenvalue weighted by Gasteiger charge is -2.36. The molecule has 1 aromatic rings. The Morgan fingerprint density at radius 1 is 1.06 bits per heavy atom. The largest absolute Gasteiger partial charge is 0.383 e. The van der Waals surface area contributed by atoms with Crippen LogP contribution in [-0.2, 0) is 0 Å². The first-order valence-electron chi connectivity index (χ1n) is 6.75. The van der Waals surface area contributed by atoms with Crippen LogP contribution in [0, 0.1) is 13.8 Å². The molecule has 3 rings (SSSR count). The Bertz CT molecular complexity index is 447. The highest BCUT2D eigenvalue weighted by atomic mass is 15.3. The molecule has 18 heavy (non-hydrogen) atoms. The van der Waals surface area contributed by atoms with Gasteiger partial charge in [0.25, 0.3) is 0 Å². The summed E-state index contributed by atoms with van der Waals surface area (Å²) >= 11 is 0. The van der Waals surface area contributed by atoms with Crippen LogP contribution in [0.1, 0.15) is 24.2 Å². The Balaban J connectivity index is 1.75. The molecule has 5 nitrogen and oxygen atoms in total. The molecule has 1 aliphatic heterocycles. The minimum Gasteiger partial charge on any atom is -0.383 e. The van der Waals surface area contributed by atoms with Gasteiger partial charge in [-0.2, -0.15) is 0 Å². The summed E-state index contributed by atoms with van der Waals surface area (Å²) in [4.78, 5) is 13.7. The second kappa shape index (κ2) is 4.39. The van der Waals surface area contributed by atoms with Gasteiger partial charge >= 0.3 is 0 Å². The van der Waals surface area contributed by atoms with Crippen LogP contribution in [0.2, 0.25) is 0 Å². The quantitative estimate of drug-likeness (QED) is 0.843. The molecule has 0 amide bonds. The molecule has 0 unspecified atom stereocenters. The maximum absolute atomic E-state index is 5.93. The van der Waals surface area contributed by atoms with Gasteiger partial charge in [-0.25, -0.2) is 9.97 Å². The Morgan fingerprint density at radius 3 is 2.33 bits per heavy atom. The summed E-state index contributed by atoms with van der Waals surface area (Å²) in [7, 11) is 0. The van der Waals surface area contributed by atoms with Crippen LogP contribution >= 0.6 is 0 Å². The molecule has 0 spiro atoms. The first-order valence-corrected chi connectivity index (χ1v) is 6.75. The molecular weight excluding hydrogens is 226 g/mol. The van der Waals surface area contributed by atoms with E-state index >= 15 is 0 Å². The first-order chi connectivity index (χ1) is 8.65. The van der Waals surface area contributed by atoms with Gasteiger partial charge in [-0.05, 0) is 26.7 Å². The topological polar surface area (TPSA) is 58.3 Å². The van der Waals surface area contributed by atoms with Gasteiger partial charge in [0.15, 0.2) is 0 Å². The van der Waals surface area contributed by atoms with E-state index in [-0.39, 0.29) is 0 Å². The van der Waals surface area contributed by atoms with Crippen molar-refractivity contribution in [2.45, 2.75) is 32.7 Å². The predicted molar refractivity (Wildman–Crippen MR) is 72.7 cm³/mol. The van der Waals surface area contributed by atoms with Crippen LogP contribution in [0.3, 0.4) is 0 Å². The molecule has 2 N–H and O–H groups in total. The van der Waals surface area contributed by atoms with E-state index in [9.17, 15) is 0 Å². The van der Waals surface area contributed by atoms with Gasteiger partial charge in [-0.3, -0.25) is 4.90 Å². The summed E-state index contributed by atoms with van der Waals surface area (Å²) in [5.41, 5.74) is 6.94. The average molecular weight is 247 g/mol. The Morgan fingerprint density at radius 2 is 1.72 bits per heavy atom. The fourth-order valence-electron chi connectivity index (χ4n) is 2.68. The van der Waals surface area contributed by atoms with E-state index in [0.29, 0.717) is 5.82 Å². The molecule has 0 atom stereocenters. The van der Waals surface area contributed by atoms with Crippen LogP contribution in [0.25, 0.3) is 0 Å². The molecule has 0 bridgehead atoms. The van der Waals surface area contributed by atoms with Crippen molar-refractivity contribution in [2.75, 3.05) is 36.8 Å². The number of hydrogen-bond donors (Lipinski definition) is 1. The Hall–Kier alpha value is -1.36. The van der Waals surface area contributed by atoms with Crippen molar-refractivity contribution in [3.8, 4) is 0 Å². The maximum atomic E-state index is 5.93. The first kappa shape index (κ1) is 11.7. The van der Waals surface area contributed by atoms with Crippen molar-refractivity contribution in [3.63, 3.8) is 0 Å². The van der Waals surface area contributed by atoms with Crippen molar-refractivity contribution < 1.29 is 0 Å². The summed E-state index contributed by atoms with van der Waals surface area (Å²) in [5.74, 6) is 2.40. The monoisotopic (exact) mass is 247 g/mol. The molecule has 5 heteroatoms. The molecule has 1 saturated carbocycles. The van der Waals surface area contributed by atoms with Gasteiger partial charge in [0.1, 0.15) is 17.5 Å². The van der Waals surface area contributed by atoms with Crippen LogP contribution in [0.4, 0.5) is 11.6 Å². The van der Waals surface area contributed by atoms with Gasteiger partial charge in [0.2, 0.25) is 0 Å².